The number of Topliss-reactive ketones (excluding diaryl/α,β-unsaturated/α-hetero) is 1. The number of ketones is 1. The van der Waals surface area contributed by atoms with Crippen LogP contribution in [0.4, 0.5) is 18.3 Å². The number of hydrogen-bond donors (Lipinski definition) is 1. The molecule has 0 atom stereocenters. The zero-order valence-corrected chi connectivity index (χ0v) is 12.6. The summed E-state index contributed by atoms with van der Waals surface area (Å²) in [6.45, 7) is 0.993. The van der Waals surface area contributed by atoms with Gasteiger partial charge in [0.15, 0.2) is 17.5 Å². The van der Waals surface area contributed by atoms with Gasteiger partial charge in [0.1, 0.15) is 5.75 Å². The number of nitrogens with one attached hydrogen (secondary N) is 1. The molecule has 0 aliphatic rings. The van der Waals surface area contributed by atoms with E-state index in [1.54, 1.807) is 0 Å². The van der Waals surface area contributed by atoms with Crippen LogP contribution in [0.15, 0.2) is 30.5 Å². The number of thiazole rings is 1. The van der Waals surface area contributed by atoms with E-state index >= 15 is 0 Å². The SMILES string of the molecule is CC(=O)c1cnc(NC(=O)COc2ccc(C(F)(F)F)cc2)s1. The fourth-order valence-electron chi connectivity index (χ4n) is 1.54. The van der Waals surface area contributed by atoms with E-state index in [9.17, 15) is 22.8 Å². The molecule has 0 aliphatic heterocycles. The van der Waals surface area contributed by atoms with E-state index in [0.717, 1.165) is 35.6 Å². The maximum Gasteiger partial charge on any atom is 0.416 e. The number of alkyl halides is 3. The molecule has 1 N–H and O–H groups in total. The lowest BCUT2D eigenvalue weighted by atomic mass is 10.2. The van der Waals surface area contributed by atoms with Gasteiger partial charge >= 0.3 is 6.18 Å². The number of ether oxygens (including phenoxy) is 1. The number of rotatable bonds is 5. The molecule has 0 fully saturated rings. The Balaban J connectivity index is 1.87. The first-order valence-electron chi connectivity index (χ1n) is 6.32. The van der Waals surface area contributed by atoms with Crippen molar-refractivity contribution in [2.45, 2.75) is 13.1 Å². The number of carbonyl (C=O) groups excluding carboxylic acids is 2. The van der Waals surface area contributed by atoms with Gasteiger partial charge in [-0.25, -0.2) is 4.98 Å². The van der Waals surface area contributed by atoms with Crippen molar-refractivity contribution >= 4 is 28.2 Å². The highest BCUT2D eigenvalue weighted by Crippen LogP contribution is 2.30. The maximum atomic E-state index is 12.4. The van der Waals surface area contributed by atoms with E-state index in [-0.39, 0.29) is 23.3 Å². The standard InChI is InChI=1S/C14H11F3N2O3S/c1-8(20)11-6-18-13(23-11)19-12(21)7-22-10-4-2-9(3-5-10)14(15,16)17/h2-6H,7H2,1H3,(H,18,19,21). The molecule has 9 heteroatoms. The lowest BCUT2D eigenvalue weighted by Crippen LogP contribution is -2.20. The Hall–Kier alpha value is -2.42. The van der Waals surface area contributed by atoms with E-state index in [1.165, 1.54) is 13.1 Å². The summed E-state index contributed by atoms with van der Waals surface area (Å²) < 4.78 is 42.3. The summed E-state index contributed by atoms with van der Waals surface area (Å²) in [4.78, 5) is 27.0. The lowest BCUT2D eigenvalue weighted by Gasteiger charge is -2.08. The molecule has 0 saturated heterocycles. The predicted molar refractivity (Wildman–Crippen MR) is 77.7 cm³/mol. The van der Waals surface area contributed by atoms with Crippen molar-refractivity contribution in [3.63, 3.8) is 0 Å². The molecule has 23 heavy (non-hydrogen) atoms. The first-order chi connectivity index (χ1) is 10.8. The summed E-state index contributed by atoms with van der Waals surface area (Å²) in [5.41, 5.74) is -0.797. The number of halogens is 3. The molecular formula is C14H11F3N2O3S. The third-order valence-corrected chi connectivity index (χ3v) is 3.66. The Labute approximate surface area is 133 Å². The number of hydrogen-bond acceptors (Lipinski definition) is 5. The van der Waals surface area contributed by atoms with Crippen molar-refractivity contribution in [1.82, 2.24) is 4.98 Å². The van der Waals surface area contributed by atoms with Crippen molar-refractivity contribution in [2.75, 3.05) is 11.9 Å². The molecule has 1 amide bonds. The second kappa shape index (κ2) is 6.78. The van der Waals surface area contributed by atoms with E-state index in [1.807, 2.05) is 0 Å². The Kier molecular flexibility index (Phi) is 4.99. The largest absolute Gasteiger partial charge is 0.484 e. The predicted octanol–water partition coefficient (Wildman–Crippen LogP) is 3.38. The number of anilines is 1. The zero-order chi connectivity index (χ0) is 17.0. The van der Waals surface area contributed by atoms with Gasteiger partial charge in [-0.05, 0) is 24.3 Å². The average Bonchev–Trinajstić information content (AvgIpc) is 2.93. The van der Waals surface area contributed by atoms with Gasteiger partial charge in [-0.2, -0.15) is 13.2 Å². The lowest BCUT2D eigenvalue weighted by molar-refractivity contribution is -0.137. The Morgan fingerprint density at radius 2 is 1.91 bits per heavy atom. The maximum absolute atomic E-state index is 12.4. The molecule has 5 nitrogen and oxygen atoms in total. The highest BCUT2D eigenvalue weighted by Gasteiger charge is 2.30. The van der Waals surface area contributed by atoms with Crippen LogP contribution in [0.1, 0.15) is 22.2 Å². The smallest absolute Gasteiger partial charge is 0.416 e. The first-order valence-corrected chi connectivity index (χ1v) is 7.14. The van der Waals surface area contributed by atoms with Crippen molar-refractivity contribution in [2.24, 2.45) is 0 Å². The first kappa shape index (κ1) is 16.9. The number of benzene rings is 1. The highest BCUT2D eigenvalue weighted by molar-refractivity contribution is 7.17. The van der Waals surface area contributed by atoms with Gasteiger partial charge in [-0.3, -0.25) is 14.9 Å². The number of carbonyl (C=O) groups is 2. The third kappa shape index (κ3) is 4.78. The summed E-state index contributed by atoms with van der Waals surface area (Å²) in [6.07, 6.45) is -3.07. The molecule has 0 radical (unpaired) electrons. The van der Waals surface area contributed by atoms with E-state index in [2.05, 4.69) is 10.3 Å². The molecule has 1 heterocycles. The Morgan fingerprint density at radius 1 is 1.26 bits per heavy atom. The summed E-state index contributed by atoms with van der Waals surface area (Å²) in [6, 6.07) is 4.00. The van der Waals surface area contributed by atoms with Crippen LogP contribution in [0, 0.1) is 0 Å². The average molecular weight is 344 g/mol. The second-order valence-corrected chi connectivity index (χ2v) is 5.48. The Morgan fingerprint density at radius 3 is 2.43 bits per heavy atom. The van der Waals surface area contributed by atoms with Crippen LogP contribution < -0.4 is 10.1 Å². The zero-order valence-electron chi connectivity index (χ0n) is 11.8. The molecule has 1 aromatic heterocycles. The van der Waals surface area contributed by atoms with Crippen LogP contribution in [-0.2, 0) is 11.0 Å². The second-order valence-electron chi connectivity index (χ2n) is 4.44. The van der Waals surface area contributed by atoms with E-state index in [4.69, 9.17) is 4.74 Å². The quantitative estimate of drug-likeness (QED) is 0.845. The fourth-order valence-corrected chi connectivity index (χ4v) is 2.27. The normalized spacial score (nSPS) is 11.1. The molecule has 0 saturated carbocycles. The minimum Gasteiger partial charge on any atom is -0.484 e. The van der Waals surface area contributed by atoms with Crippen LogP contribution >= 0.6 is 11.3 Å². The third-order valence-electron chi connectivity index (χ3n) is 2.65. The van der Waals surface area contributed by atoms with Crippen LogP contribution in [-0.4, -0.2) is 23.3 Å². The van der Waals surface area contributed by atoms with Crippen LogP contribution in [0.25, 0.3) is 0 Å². The van der Waals surface area contributed by atoms with Crippen LogP contribution in [0.2, 0.25) is 0 Å². The molecule has 0 aliphatic carbocycles. The molecule has 2 rings (SSSR count). The molecule has 2 aromatic rings. The van der Waals surface area contributed by atoms with E-state index in [0.29, 0.717) is 4.88 Å². The van der Waals surface area contributed by atoms with Crippen LogP contribution in [0.5, 0.6) is 5.75 Å². The number of amides is 1. The van der Waals surface area contributed by atoms with Gasteiger partial charge in [0.05, 0.1) is 16.6 Å². The van der Waals surface area contributed by atoms with Crippen LogP contribution in [0.3, 0.4) is 0 Å². The summed E-state index contributed by atoms with van der Waals surface area (Å²) in [5.74, 6) is -0.560. The molecule has 0 unspecified atom stereocenters. The van der Waals surface area contributed by atoms with Gasteiger partial charge in [-0.1, -0.05) is 11.3 Å². The summed E-state index contributed by atoms with van der Waals surface area (Å²) in [5, 5.41) is 2.68. The molecule has 1 aromatic carbocycles. The van der Waals surface area contributed by atoms with Gasteiger partial charge in [0, 0.05) is 6.92 Å². The topological polar surface area (TPSA) is 68.3 Å². The highest BCUT2D eigenvalue weighted by atomic mass is 32.1. The van der Waals surface area contributed by atoms with Crippen molar-refractivity contribution in [3.8, 4) is 5.75 Å². The van der Waals surface area contributed by atoms with Gasteiger partial charge < -0.3 is 4.74 Å². The summed E-state index contributed by atoms with van der Waals surface area (Å²) in [7, 11) is 0. The number of aromatic nitrogens is 1. The van der Waals surface area contributed by atoms with Gasteiger partial charge in [-0.15, -0.1) is 0 Å². The van der Waals surface area contributed by atoms with Crippen molar-refractivity contribution in [3.05, 3.63) is 40.9 Å². The van der Waals surface area contributed by atoms with Gasteiger partial charge in [0.25, 0.3) is 5.91 Å². The Bertz CT molecular complexity index is 711. The number of nitrogens with zero attached hydrogens (tertiary/aromatic N) is 1. The summed E-state index contributed by atoms with van der Waals surface area (Å²) >= 11 is 1.02. The van der Waals surface area contributed by atoms with Gasteiger partial charge in [0.2, 0.25) is 0 Å². The minimum absolute atomic E-state index is 0.136. The van der Waals surface area contributed by atoms with E-state index < -0.39 is 17.6 Å². The molecule has 0 bridgehead atoms. The van der Waals surface area contributed by atoms with Crippen molar-refractivity contribution in [1.29, 1.82) is 0 Å². The monoisotopic (exact) mass is 344 g/mol. The molecule has 122 valence electrons. The minimum atomic E-state index is -4.42. The molecular weight excluding hydrogens is 333 g/mol. The molecule has 0 spiro atoms. The van der Waals surface area contributed by atoms with Crippen molar-refractivity contribution < 1.29 is 27.5 Å². The fraction of sp³-hybridized carbons (Fsp3) is 0.214.